The maximum absolute atomic E-state index is 9.14. The minimum Gasteiger partial charge on any atom is -0.395 e. The van der Waals surface area contributed by atoms with Crippen LogP contribution in [0.15, 0.2) is 22.8 Å². The summed E-state index contributed by atoms with van der Waals surface area (Å²) < 4.78 is 0.840. The molecule has 1 aromatic rings. The average molecular weight is 273 g/mol. The molecule has 15 heavy (non-hydrogen) atoms. The molecule has 84 valence electrons. The Morgan fingerprint density at radius 3 is 2.73 bits per heavy atom. The highest BCUT2D eigenvalue weighted by Crippen LogP contribution is 2.07. The number of hydrogen-bond acceptors (Lipinski definition) is 3. The molecule has 2 N–H and O–H groups in total. The van der Waals surface area contributed by atoms with Crippen molar-refractivity contribution in [3.63, 3.8) is 0 Å². The number of hydrogen-bond donors (Lipinski definition) is 2. The van der Waals surface area contributed by atoms with E-state index in [0.29, 0.717) is 12.5 Å². The molecule has 0 amide bonds. The summed E-state index contributed by atoms with van der Waals surface area (Å²) in [5.74, 6) is 0.419. The van der Waals surface area contributed by atoms with Crippen LogP contribution in [0.5, 0.6) is 0 Å². The normalized spacial score (nSPS) is 13.1. The Morgan fingerprint density at radius 1 is 1.47 bits per heavy atom. The van der Waals surface area contributed by atoms with Crippen LogP contribution in [0.1, 0.15) is 19.5 Å². The van der Waals surface area contributed by atoms with Crippen LogP contribution in [0.4, 0.5) is 0 Å². The summed E-state index contributed by atoms with van der Waals surface area (Å²) in [5, 5.41) is 12.4. The quantitative estimate of drug-likeness (QED) is 0.806. The van der Waals surface area contributed by atoms with Gasteiger partial charge in [0.25, 0.3) is 0 Å². The molecule has 1 rings (SSSR count). The van der Waals surface area contributed by atoms with E-state index in [1.54, 1.807) is 0 Å². The van der Waals surface area contributed by atoms with E-state index in [2.05, 4.69) is 40.1 Å². The Kier molecular flexibility index (Phi) is 5.22. The van der Waals surface area contributed by atoms with Crippen LogP contribution in [0.25, 0.3) is 0 Å². The van der Waals surface area contributed by atoms with Gasteiger partial charge < -0.3 is 10.4 Å². The van der Waals surface area contributed by atoms with Gasteiger partial charge in [0.1, 0.15) is 4.60 Å². The first-order chi connectivity index (χ1) is 7.13. The third kappa shape index (κ3) is 4.28. The molecule has 0 aliphatic rings. The van der Waals surface area contributed by atoms with E-state index in [0.717, 1.165) is 10.3 Å². The lowest BCUT2D eigenvalue weighted by Gasteiger charge is -2.19. The summed E-state index contributed by atoms with van der Waals surface area (Å²) in [7, 11) is 0. The highest BCUT2D eigenvalue weighted by Gasteiger charge is 2.11. The molecular weight excluding hydrogens is 256 g/mol. The minimum atomic E-state index is 0.130. The lowest BCUT2D eigenvalue weighted by molar-refractivity contribution is 0.209. The standard InChI is InChI=1S/C11H17BrN2O/c1-8(2)10(7-15)13-6-9-4-3-5-11(12)14-9/h3-5,8,10,13,15H,6-7H2,1-2H3. The number of nitrogens with one attached hydrogen (secondary N) is 1. The minimum absolute atomic E-state index is 0.130. The molecule has 0 radical (unpaired) electrons. The third-order valence-electron chi connectivity index (χ3n) is 2.32. The second kappa shape index (κ2) is 6.20. The molecule has 1 heterocycles. The molecule has 0 aliphatic carbocycles. The molecule has 0 bridgehead atoms. The Bertz CT molecular complexity index is 304. The van der Waals surface area contributed by atoms with Gasteiger partial charge in [-0.1, -0.05) is 19.9 Å². The van der Waals surface area contributed by atoms with Crippen LogP contribution in [-0.4, -0.2) is 22.7 Å². The van der Waals surface area contributed by atoms with Gasteiger partial charge in [0.05, 0.1) is 12.3 Å². The van der Waals surface area contributed by atoms with E-state index in [1.807, 2.05) is 18.2 Å². The molecule has 1 unspecified atom stereocenters. The van der Waals surface area contributed by atoms with Crippen LogP contribution < -0.4 is 5.32 Å². The van der Waals surface area contributed by atoms with E-state index in [-0.39, 0.29) is 12.6 Å². The van der Waals surface area contributed by atoms with Crippen molar-refractivity contribution in [2.45, 2.75) is 26.4 Å². The first kappa shape index (κ1) is 12.6. The van der Waals surface area contributed by atoms with Crippen LogP contribution in [0, 0.1) is 5.92 Å². The van der Waals surface area contributed by atoms with E-state index in [4.69, 9.17) is 5.11 Å². The number of pyridine rings is 1. The Labute approximate surface area is 99.1 Å². The van der Waals surface area contributed by atoms with Crippen LogP contribution in [0.3, 0.4) is 0 Å². The van der Waals surface area contributed by atoms with Crippen molar-refractivity contribution >= 4 is 15.9 Å². The monoisotopic (exact) mass is 272 g/mol. The van der Waals surface area contributed by atoms with Gasteiger partial charge >= 0.3 is 0 Å². The van der Waals surface area contributed by atoms with Gasteiger partial charge in [-0.05, 0) is 34.0 Å². The maximum Gasteiger partial charge on any atom is 0.106 e. The number of nitrogens with zero attached hydrogens (tertiary/aromatic N) is 1. The number of aliphatic hydroxyl groups is 1. The van der Waals surface area contributed by atoms with Crippen molar-refractivity contribution in [1.29, 1.82) is 0 Å². The second-order valence-electron chi connectivity index (χ2n) is 3.87. The molecule has 0 fully saturated rings. The van der Waals surface area contributed by atoms with Gasteiger partial charge in [0.2, 0.25) is 0 Å². The average Bonchev–Trinajstić information content (AvgIpc) is 2.18. The molecule has 3 nitrogen and oxygen atoms in total. The zero-order valence-corrected chi connectivity index (χ0v) is 10.7. The topological polar surface area (TPSA) is 45.1 Å². The molecule has 0 aliphatic heterocycles. The van der Waals surface area contributed by atoms with Crippen molar-refractivity contribution in [1.82, 2.24) is 10.3 Å². The zero-order valence-electron chi connectivity index (χ0n) is 9.07. The van der Waals surface area contributed by atoms with Gasteiger partial charge in [0, 0.05) is 12.6 Å². The summed E-state index contributed by atoms with van der Waals surface area (Å²) in [5.41, 5.74) is 0.975. The van der Waals surface area contributed by atoms with Crippen LogP contribution in [-0.2, 0) is 6.54 Å². The van der Waals surface area contributed by atoms with E-state index in [1.165, 1.54) is 0 Å². The number of aromatic nitrogens is 1. The predicted octanol–water partition coefficient (Wildman–Crippen LogP) is 1.95. The van der Waals surface area contributed by atoms with E-state index < -0.39 is 0 Å². The molecule has 0 spiro atoms. The fraction of sp³-hybridized carbons (Fsp3) is 0.545. The Balaban J connectivity index is 2.49. The zero-order chi connectivity index (χ0) is 11.3. The smallest absolute Gasteiger partial charge is 0.106 e. The molecule has 4 heteroatoms. The fourth-order valence-corrected chi connectivity index (χ4v) is 1.68. The second-order valence-corrected chi connectivity index (χ2v) is 4.68. The van der Waals surface area contributed by atoms with Gasteiger partial charge in [-0.25, -0.2) is 4.98 Å². The summed E-state index contributed by atoms with van der Waals surface area (Å²) in [6.45, 7) is 5.01. The molecule has 0 saturated carbocycles. The van der Waals surface area contributed by atoms with Crippen molar-refractivity contribution in [2.75, 3.05) is 6.61 Å². The number of aliphatic hydroxyl groups excluding tert-OH is 1. The number of halogens is 1. The van der Waals surface area contributed by atoms with Crippen molar-refractivity contribution < 1.29 is 5.11 Å². The highest BCUT2D eigenvalue weighted by molar-refractivity contribution is 9.10. The molecular formula is C11H17BrN2O. The van der Waals surface area contributed by atoms with E-state index in [9.17, 15) is 0 Å². The van der Waals surface area contributed by atoms with Crippen LogP contribution in [0.2, 0.25) is 0 Å². The third-order valence-corrected chi connectivity index (χ3v) is 2.76. The van der Waals surface area contributed by atoms with Gasteiger partial charge in [-0.2, -0.15) is 0 Å². The molecule has 0 aromatic carbocycles. The lowest BCUT2D eigenvalue weighted by Crippen LogP contribution is -2.36. The highest BCUT2D eigenvalue weighted by atomic mass is 79.9. The predicted molar refractivity (Wildman–Crippen MR) is 64.5 cm³/mol. The van der Waals surface area contributed by atoms with Crippen LogP contribution >= 0.6 is 15.9 Å². The first-order valence-electron chi connectivity index (χ1n) is 5.09. The Morgan fingerprint density at radius 2 is 2.20 bits per heavy atom. The van der Waals surface area contributed by atoms with Gasteiger partial charge in [-0.3, -0.25) is 0 Å². The molecule has 1 atom stereocenters. The fourth-order valence-electron chi connectivity index (χ4n) is 1.30. The molecule has 0 saturated heterocycles. The summed E-state index contributed by atoms with van der Waals surface area (Å²) >= 11 is 3.33. The van der Waals surface area contributed by atoms with Gasteiger partial charge in [-0.15, -0.1) is 0 Å². The summed E-state index contributed by atoms with van der Waals surface area (Å²) in [6, 6.07) is 5.95. The largest absolute Gasteiger partial charge is 0.395 e. The Hall–Kier alpha value is -0.450. The van der Waals surface area contributed by atoms with E-state index >= 15 is 0 Å². The van der Waals surface area contributed by atoms with Crippen molar-refractivity contribution in [3.05, 3.63) is 28.5 Å². The SMILES string of the molecule is CC(C)C(CO)NCc1cccc(Br)n1. The maximum atomic E-state index is 9.14. The lowest BCUT2D eigenvalue weighted by atomic mass is 10.1. The summed E-state index contributed by atoms with van der Waals surface area (Å²) in [4.78, 5) is 4.31. The first-order valence-corrected chi connectivity index (χ1v) is 5.88. The summed E-state index contributed by atoms with van der Waals surface area (Å²) in [6.07, 6.45) is 0. The van der Waals surface area contributed by atoms with Crippen molar-refractivity contribution in [2.24, 2.45) is 5.92 Å². The van der Waals surface area contributed by atoms with Crippen molar-refractivity contribution in [3.8, 4) is 0 Å². The number of rotatable bonds is 5. The van der Waals surface area contributed by atoms with Gasteiger partial charge in [0.15, 0.2) is 0 Å². The molecule has 1 aromatic heterocycles.